The Morgan fingerprint density at radius 3 is 2.38 bits per heavy atom. The lowest BCUT2D eigenvalue weighted by Gasteiger charge is -2.30. The third-order valence-electron chi connectivity index (χ3n) is 2.42. The summed E-state index contributed by atoms with van der Waals surface area (Å²) in [4.78, 5) is 0. The number of alkyl halides is 3. The summed E-state index contributed by atoms with van der Waals surface area (Å²) in [6.45, 7) is 0.769. The zero-order valence-corrected chi connectivity index (χ0v) is 11.0. The summed E-state index contributed by atoms with van der Waals surface area (Å²) < 4.78 is 53.0. The van der Waals surface area contributed by atoms with Crippen molar-refractivity contribution in [3.63, 3.8) is 0 Å². The van der Waals surface area contributed by atoms with Gasteiger partial charge in [0, 0.05) is 18.4 Å². The third-order valence-corrected chi connectivity index (χ3v) is 4.28. The van der Waals surface area contributed by atoms with Crippen LogP contribution in [0.3, 0.4) is 0 Å². The summed E-state index contributed by atoms with van der Waals surface area (Å²) in [6, 6.07) is 0. The van der Waals surface area contributed by atoms with Crippen LogP contribution in [-0.2, 0) is 14.8 Å². The number of hydrogen-bond donors (Lipinski definition) is 0. The summed E-state index contributed by atoms with van der Waals surface area (Å²) in [5.41, 5.74) is 0. The van der Waals surface area contributed by atoms with Crippen LogP contribution < -0.4 is 0 Å². The number of halogens is 3. The minimum Gasteiger partial charge on any atom is -0.377 e. The van der Waals surface area contributed by atoms with Crippen molar-refractivity contribution in [2.24, 2.45) is 0 Å². The van der Waals surface area contributed by atoms with E-state index in [4.69, 9.17) is 4.74 Å². The van der Waals surface area contributed by atoms with Crippen LogP contribution >= 0.6 is 15.9 Å². The Morgan fingerprint density at radius 2 is 1.94 bits per heavy atom. The van der Waals surface area contributed by atoms with E-state index in [1.807, 2.05) is 0 Å². The van der Waals surface area contributed by atoms with Gasteiger partial charge in [0.2, 0.25) is 0 Å². The first-order valence-electron chi connectivity index (χ1n) is 4.93. The topological polar surface area (TPSA) is 46.6 Å². The fraction of sp³-hybridized carbons (Fsp3) is 1.00. The van der Waals surface area contributed by atoms with E-state index in [0.717, 1.165) is 4.31 Å². The largest absolute Gasteiger partial charge is 0.377 e. The third kappa shape index (κ3) is 3.61. The number of rotatable bonds is 5. The molecule has 96 valence electrons. The van der Waals surface area contributed by atoms with Gasteiger partial charge in [-0.05, 0) is 12.8 Å². The predicted molar refractivity (Wildman–Crippen MR) is 59.3 cm³/mol. The van der Waals surface area contributed by atoms with Gasteiger partial charge < -0.3 is 4.74 Å². The molecule has 0 amide bonds. The van der Waals surface area contributed by atoms with Gasteiger partial charge in [0.05, 0.1) is 12.7 Å². The molecule has 0 atom stereocenters. The summed E-state index contributed by atoms with van der Waals surface area (Å²) in [7, 11) is -4.41. The van der Waals surface area contributed by atoms with E-state index in [2.05, 4.69) is 15.9 Å². The SMILES string of the molecule is O=S(=O)(C(F)F)N1CCC(OCCBr)CC1. The molecule has 0 unspecified atom stereocenters. The molecule has 1 rings (SSSR count). The number of ether oxygens (including phenoxy) is 1. The summed E-state index contributed by atoms with van der Waals surface area (Å²) in [5.74, 6) is -3.33. The summed E-state index contributed by atoms with van der Waals surface area (Å²) >= 11 is 3.21. The van der Waals surface area contributed by atoms with E-state index >= 15 is 0 Å². The number of sulfonamides is 1. The Labute approximate surface area is 102 Å². The Bertz CT molecular complexity index is 304. The number of piperidine rings is 1. The molecule has 0 bridgehead atoms. The van der Waals surface area contributed by atoms with Crippen molar-refractivity contribution < 1.29 is 21.9 Å². The van der Waals surface area contributed by atoms with E-state index in [-0.39, 0.29) is 19.2 Å². The number of hydrogen-bond acceptors (Lipinski definition) is 3. The van der Waals surface area contributed by atoms with Crippen LogP contribution in [0.15, 0.2) is 0 Å². The van der Waals surface area contributed by atoms with Crippen LogP contribution in [0.1, 0.15) is 12.8 Å². The second kappa shape index (κ2) is 6.23. The molecule has 1 heterocycles. The van der Waals surface area contributed by atoms with Crippen molar-refractivity contribution in [2.75, 3.05) is 25.0 Å². The van der Waals surface area contributed by atoms with Crippen LogP contribution in [0.5, 0.6) is 0 Å². The van der Waals surface area contributed by atoms with Gasteiger partial charge in [-0.25, -0.2) is 8.42 Å². The van der Waals surface area contributed by atoms with Crippen LogP contribution in [-0.4, -0.2) is 49.6 Å². The molecule has 0 aromatic rings. The lowest BCUT2D eigenvalue weighted by molar-refractivity contribution is 0.0297. The highest BCUT2D eigenvalue weighted by Crippen LogP contribution is 2.20. The Kier molecular flexibility index (Phi) is 5.55. The normalized spacial score (nSPS) is 20.5. The van der Waals surface area contributed by atoms with Crippen LogP contribution in [0.25, 0.3) is 0 Å². The van der Waals surface area contributed by atoms with Gasteiger partial charge in [-0.2, -0.15) is 13.1 Å². The van der Waals surface area contributed by atoms with Gasteiger partial charge >= 0.3 is 5.76 Å². The molecule has 4 nitrogen and oxygen atoms in total. The van der Waals surface area contributed by atoms with Gasteiger partial charge in [-0.1, -0.05) is 15.9 Å². The van der Waals surface area contributed by atoms with Crippen molar-refractivity contribution in [1.82, 2.24) is 4.31 Å². The second-order valence-electron chi connectivity index (χ2n) is 3.46. The van der Waals surface area contributed by atoms with E-state index in [1.54, 1.807) is 0 Å². The van der Waals surface area contributed by atoms with Crippen molar-refractivity contribution in [1.29, 1.82) is 0 Å². The molecule has 0 saturated carbocycles. The second-order valence-corrected chi connectivity index (χ2v) is 6.16. The monoisotopic (exact) mass is 321 g/mol. The quantitative estimate of drug-likeness (QED) is 0.719. The molecule has 0 aromatic heterocycles. The maximum atomic E-state index is 12.2. The Balaban J connectivity index is 2.43. The van der Waals surface area contributed by atoms with Gasteiger partial charge in [-0.15, -0.1) is 0 Å². The highest BCUT2D eigenvalue weighted by molar-refractivity contribution is 9.09. The molecular weight excluding hydrogens is 308 g/mol. The minimum absolute atomic E-state index is 0.0262. The van der Waals surface area contributed by atoms with Crippen LogP contribution in [0.4, 0.5) is 8.78 Å². The number of nitrogens with zero attached hydrogens (tertiary/aromatic N) is 1. The first kappa shape index (κ1) is 14.3. The lowest BCUT2D eigenvalue weighted by Crippen LogP contribution is -2.43. The van der Waals surface area contributed by atoms with Gasteiger partial charge in [-0.3, -0.25) is 0 Å². The molecule has 0 N–H and O–H groups in total. The molecule has 0 aromatic carbocycles. The molecule has 16 heavy (non-hydrogen) atoms. The van der Waals surface area contributed by atoms with Crippen molar-refractivity contribution in [3.05, 3.63) is 0 Å². The van der Waals surface area contributed by atoms with Gasteiger partial charge in [0.1, 0.15) is 0 Å². The molecule has 1 aliphatic rings. The first-order chi connectivity index (χ1) is 7.48. The first-order valence-corrected chi connectivity index (χ1v) is 7.55. The van der Waals surface area contributed by atoms with Crippen molar-refractivity contribution in [2.45, 2.75) is 24.7 Å². The van der Waals surface area contributed by atoms with Crippen molar-refractivity contribution >= 4 is 26.0 Å². The van der Waals surface area contributed by atoms with E-state index < -0.39 is 15.8 Å². The van der Waals surface area contributed by atoms with E-state index in [9.17, 15) is 17.2 Å². The lowest BCUT2D eigenvalue weighted by atomic mass is 10.1. The molecule has 8 heteroatoms. The molecule has 0 aliphatic carbocycles. The highest BCUT2D eigenvalue weighted by atomic mass is 79.9. The average Bonchev–Trinajstić information content (AvgIpc) is 2.26. The maximum absolute atomic E-state index is 12.2. The summed E-state index contributed by atoms with van der Waals surface area (Å²) in [6.07, 6.45) is 0.916. The van der Waals surface area contributed by atoms with Gasteiger partial charge in [0.15, 0.2) is 0 Å². The zero-order valence-electron chi connectivity index (χ0n) is 8.61. The van der Waals surface area contributed by atoms with Crippen molar-refractivity contribution in [3.8, 4) is 0 Å². The van der Waals surface area contributed by atoms with E-state index in [0.29, 0.717) is 24.8 Å². The Morgan fingerprint density at radius 1 is 1.38 bits per heavy atom. The average molecular weight is 322 g/mol. The standard InChI is InChI=1S/C8H14BrF2NO3S/c9-3-6-15-7-1-4-12(5-2-7)16(13,14)8(10)11/h7-8H,1-6H2. The summed E-state index contributed by atoms with van der Waals surface area (Å²) in [5, 5.41) is 0.711. The van der Waals surface area contributed by atoms with Crippen LogP contribution in [0, 0.1) is 0 Å². The maximum Gasteiger partial charge on any atom is 0.350 e. The minimum atomic E-state index is -4.41. The molecule has 0 radical (unpaired) electrons. The highest BCUT2D eigenvalue weighted by Gasteiger charge is 2.34. The van der Waals surface area contributed by atoms with Gasteiger partial charge in [0.25, 0.3) is 10.0 Å². The fourth-order valence-electron chi connectivity index (χ4n) is 1.58. The van der Waals surface area contributed by atoms with E-state index in [1.165, 1.54) is 0 Å². The molecule has 1 aliphatic heterocycles. The molecule has 0 spiro atoms. The molecular formula is C8H14BrF2NO3S. The molecule has 1 saturated heterocycles. The van der Waals surface area contributed by atoms with Crippen LogP contribution in [0.2, 0.25) is 0 Å². The fourth-order valence-corrected chi connectivity index (χ4v) is 2.71. The molecule has 1 fully saturated rings. The zero-order chi connectivity index (χ0) is 12.2. The predicted octanol–water partition coefficient (Wildman–Crippen LogP) is 1.41. The smallest absolute Gasteiger partial charge is 0.350 e. The Hall–Kier alpha value is 0.210.